The van der Waals surface area contributed by atoms with Crippen LogP contribution in [0.4, 0.5) is 0 Å². The number of rotatable bonds is 7. The summed E-state index contributed by atoms with van der Waals surface area (Å²) in [5.74, 6) is 1.90. The predicted molar refractivity (Wildman–Crippen MR) is 103 cm³/mol. The zero-order valence-corrected chi connectivity index (χ0v) is 16.0. The van der Waals surface area contributed by atoms with E-state index in [1.807, 2.05) is 0 Å². The van der Waals surface area contributed by atoms with Crippen LogP contribution in [-0.2, 0) is 20.8 Å². The smallest absolute Gasteiger partial charge is 0.303 e. The highest BCUT2D eigenvalue weighted by molar-refractivity contribution is 9.10. The molecule has 0 heterocycles. The minimum absolute atomic E-state index is 0.0155. The molecule has 28 heavy (non-hydrogen) atoms. The molecule has 0 aliphatic rings. The molecule has 3 N–H and O–H groups in total. The maximum atomic E-state index is 11.7. The summed E-state index contributed by atoms with van der Waals surface area (Å²) in [4.78, 5) is 39.8. The topological polar surface area (TPSA) is 137 Å². The third kappa shape index (κ3) is 9.43. The van der Waals surface area contributed by atoms with Crippen molar-refractivity contribution in [3.63, 3.8) is 0 Å². The number of aliphatic hydroxyl groups excluding tert-OH is 1. The third-order valence-electron chi connectivity index (χ3n) is 3.00. The summed E-state index contributed by atoms with van der Waals surface area (Å²) >= 11 is 3.14. The van der Waals surface area contributed by atoms with Crippen LogP contribution in [0.2, 0.25) is 0 Å². The molecule has 0 radical (unpaired) electrons. The summed E-state index contributed by atoms with van der Waals surface area (Å²) in [7, 11) is 0. The molecule has 1 rings (SSSR count). The van der Waals surface area contributed by atoms with Crippen molar-refractivity contribution >= 4 is 45.5 Å². The molecule has 0 fully saturated rings. The Morgan fingerprint density at radius 2 is 1.75 bits per heavy atom. The van der Waals surface area contributed by atoms with Crippen molar-refractivity contribution in [1.82, 2.24) is 0 Å². The van der Waals surface area contributed by atoms with Gasteiger partial charge < -0.3 is 15.3 Å². The number of hydrogen-bond donors (Lipinski definition) is 3. The van der Waals surface area contributed by atoms with Crippen molar-refractivity contribution in [3.8, 4) is 5.75 Å². The number of carbonyl (C=O) groups excluding carboxylic acids is 2. The lowest BCUT2D eigenvalue weighted by Crippen LogP contribution is -2.20. The molecule has 0 aliphatic heterocycles. The Labute approximate surface area is 168 Å². The average molecular weight is 447 g/mol. The van der Waals surface area contributed by atoms with Gasteiger partial charge >= 0.3 is 5.97 Å². The number of aliphatic carboxylic acids is 1. The van der Waals surface area contributed by atoms with Crippen LogP contribution in [0.25, 0.3) is 0 Å². The van der Waals surface area contributed by atoms with Crippen molar-refractivity contribution < 1.29 is 29.7 Å². The van der Waals surface area contributed by atoms with Crippen molar-refractivity contribution in [3.05, 3.63) is 51.8 Å². The van der Waals surface area contributed by atoms with Gasteiger partial charge in [0.2, 0.25) is 0 Å². The Bertz CT molecular complexity index is 959. The van der Waals surface area contributed by atoms with E-state index in [1.54, 1.807) is 12.1 Å². The third-order valence-corrected chi connectivity index (χ3v) is 3.64. The minimum atomic E-state index is -1.37. The number of aliphatic hydroxyl groups is 1. The number of nitrogens with zero attached hydrogens (tertiary/aromatic N) is 2. The molecule has 1 aromatic rings. The average Bonchev–Trinajstić information content (AvgIpc) is 2.64. The molecule has 0 saturated carbocycles. The molecular formula is C19H15BrN2O6. The zero-order valence-electron chi connectivity index (χ0n) is 14.4. The number of allylic oxidation sites excluding steroid dienone is 2. The molecule has 0 saturated heterocycles. The fourth-order valence-electron chi connectivity index (χ4n) is 1.67. The Balaban J connectivity index is 2.60. The van der Waals surface area contributed by atoms with Gasteiger partial charge in [0, 0.05) is 24.6 Å². The first kappa shape index (κ1) is 22.8. The summed E-state index contributed by atoms with van der Waals surface area (Å²) in [6.45, 7) is 0. The molecule has 0 bridgehead atoms. The van der Waals surface area contributed by atoms with E-state index in [0.717, 1.165) is 0 Å². The maximum absolute atomic E-state index is 11.7. The Morgan fingerprint density at radius 3 is 2.36 bits per heavy atom. The molecule has 9 heteroatoms. The fourth-order valence-corrected chi connectivity index (χ4v) is 2.10. The molecular weight excluding hydrogens is 432 g/mol. The van der Waals surface area contributed by atoms with E-state index in [9.17, 15) is 24.6 Å². The SMILES string of the molecule is O=C(O)CCC(=O)N=C=C=CC=C=C=NC(=O)[C@H](O)Cc1ccc(O)c(Br)c1. The normalized spacial score (nSPS) is 10.2. The largest absolute Gasteiger partial charge is 0.507 e. The van der Waals surface area contributed by atoms with Crippen molar-refractivity contribution in [2.24, 2.45) is 9.98 Å². The highest BCUT2D eigenvalue weighted by Gasteiger charge is 2.15. The second-order valence-corrected chi connectivity index (χ2v) is 6.05. The number of phenolic OH excluding ortho intramolecular Hbond substituents is 1. The number of hydrogen-bond acceptors (Lipinski definition) is 5. The lowest BCUT2D eigenvalue weighted by molar-refractivity contribution is -0.138. The van der Waals surface area contributed by atoms with Crippen LogP contribution in [0.3, 0.4) is 0 Å². The summed E-state index contributed by atoms with van der Waals surface area (Å²) < 4.78 is 0.447. The molecule has 2 amide bonds. The van der Waals surface area contributed by atoms with Crippen LogP contribution >= 0.6 is 15.9 Å². The molecule has 8 nitrogen and oxygen atoms in total. The Hall–Kier alpha value is -3.27. The van der Waals surface area contributed by atoms with Crippen molar-refractivity contribution in [2.45, 2.75) is 25.4 Å². The van der Waals surface area contributed by atoms with E-state index in [1.165, 1.54) is 18.2 Å². The number of amides is 2. The van der Waals surface area contributed by atoms with Crippen LogP contribution in [-0.4, -0.2) is 50.9 Å². The van der Waals surface area contributed by atoms with Gasteiger partial charge in [0.1, 0.15) is 11.9 Å². The lowest BCUT2D eigenvalue weighted by Gasteiger charge is -2.06. The van der Waals surface area contributed by atoms with Crippen molar-refractivity contribution in [1.29, 1.82) is 0 Å². The van der Waals surface area contributed by atoms with Crippen LogP contribution in [0.15, 0.2) is 56.3 Å². The van der Waals surface area contributed by atoms with Crippen molar-refractivity contribution in [2.75, 3.05) is 0 Å². The van der Waals surface area contributed by atoms with Gasteiger partial charge in [-0.25, -0.2) is 0 Å². The van der Waals surface area contributed by atoms with Gasteiger partial charge in [-0.2, -0.15) is 9.98 Å². The standard InChI is InChI=1S/C19H15BrN2O6/c20-14-11-13(5-6-15(14)23)12-16(24)19(28)22-10-4-2-1-3-9-21-17(25)7-8-18(26)27/h1-2,5-6,11,16,23-24H,7-8,12H2,(H,26,27)/t16-/m1/s1. The van der Waals surface area contributed by atoms with Gasteiger partial charge in [0.15, 0.2) is 0 Å². The first-order valence-corrected chi connectivity index (χ1v) is 8.60. The highest BCUT2D eigenvalue weighted by Crippen LogP contribution is 2.24. The van der Waals surface area contributed by atoms with Gasteiger partial charge in [-0.3, -0.25) is 14.4 Å². The zero-order chi connectivity index (χ0) is 20.9. The summed E-state index contributed by atoms with van der Waals surface area (Å²) in [6, 6.07) is 4.59. The second-order valence-electron chi connectivity index (χ2n) is 5.20. The van der Waals surface area contributed by atoms with Gasteiger partial charge in [0.25, 0.3) is 11.8 Å². The first-order chi connectivity index (χ1) is 13.3. The van der Waals surface area contributed by atoms with Gasteiger partial charge in [-0.15, -0.1) is 0 Å². The van der Waals surface area contributed by atoms with Gasteiger partial charge in [-0.1, -0.05) is 6.07 Å². The molecule has 0 aromatic heterocycles. The van der Waals surface area contributed by atoms with Crippen LogP contribution in [0.1, 0.15) is 18.4 Å². The quantitative estimate of drug-likeness (QED) is 0.331. The van der Waals surface area contributed by atoms with E-state index in [0.29, 0.717) is 10.0 Å². The summed E-state index contributed by atoms with van der Waals surface area (Å²) in [5, 5.41) is 27.6. The fraction of sp³-hybridized carbons (Fsp3) is 0.211. The lowest BCUT2D eigenvalue weighted by atomic mass is 10.1. The summed E-state index contributed by atoms with van der Waals surface area (Å²) in [5.41, 5.74) is 5.42. The van der Waals surface area contributed by atoms with E-state index < -0.39 is 23.9 Å². The number of carboxylic acids is 1. The van der Waals surface area contributed by atoms with Gasteiger partial charge in [-0.05, 0) is 57.2 Å². The van der Waals surface area contributed by atoms with Crippen LogP contribution in [0, 0.1) is 0 Å². The monoisotopic (exact) mass is 446 g/mol. The number of aromatic hydroxyl groups is 1. The molecule has 0 unspecified atom stereocenters. The predicted octanol–water partition coefficient (Wildman–Crippen LogP) is 1.74. The number of benzene rings is 1. The Kier molecular flexibility index (Phi) is 9.90. The van der Waals surface area contributed by atoms with Gasteiger partial charge in [0.05, 0.1) is 10.9 Å². The highest BCUT2D eigenvalue weighted by atomic mass is 79.9. The number of phenols is 1. The number of carbonyl (C=O) groups is 3. The number of aliphatic imine (C=N–C) groups is 2. The van der Waals surface area contributed by atoms with E-state index in [4.69, 9.17) is 5.11 Å². The number of carboxylic acid groups (broad SMARTS) is 1. The molecule has 1 atom stereocenters. The molecule has 144 valence electrons. The minimum Gasteiger partial charge on any atom is -0.507 e. The Morgan fingerprint density at radius 1 is 1.11 bits per heavy atom. The second kappa shape index (κ2) is 12.2. The molecule has 1 aromatic carbocycles. The van der Waals surface area contributed by atoms with E-state index >= 15 is 0 Å². The van der Waals surface area contributed by atoms with Crippen LogP contribution in [0.5, 0.6) is 5.75 Å². The first-order valence-electron chi connectivity index (χ1n) is 7.81. The van der Waals surface area contributed by atoms with E-state index in [2.05, 4.69) is 49.1 Å². The molecule has 0 spiro atoms. The summed E-state index contributed by atoms with van der Waals surface area (Å²) in [6.07, 6.45) is 0.650. The number of halogens is 1. The van der Waals surface area contributed by atoms with Crippen LogP contribution < -0.4 is 0 Å². The molecule has 0 aliphatic carbocycles. The maximum Gasteiger partial charge on any atom is 0.303 e. The van der Waals surface area contributed by atoms with E-state index in [-0.39, 0.29) is 25.0 Å².